The molecule has 0 radical (unpaired) electrons. The van der Waals surface area contributed by atoms with Crippen molar-refractivity contribution in [1.82, 2.24) is 0 Å². The standard InChI is InChI=1S/C22H38O/c1-7-13-22(6)18(4)12-14-21(5)17(3)9-11-19(21)10-8-16(2)20(22)15-23/h7,13,15-19,23H,8-12,14H2,1-6H3/b13-7-,20-15-. The summed E-state index contributed by atoms with van der Waals surface area (Å²) in [5, 5.41) is 10.0. The van der Waals surface area contributed by atoms with Crippen molar-refractivity contribution in [2.45, 2.75) is 80.1 Å². The zero-order valence-corrected chi connectivity index (χ0v) is 16.2. The van der Waals surface area contributed by atoms with Crippen LogP contribution in [0.25, 0.3) is 0 Å². The van der Waals surface area contributed by atoms with E-state index in [0.717, 1.165) is 11.8 Å². The van der Waals surface area contributed by atoms with E-state index in [2.05, 4.69) is 53.7 Å². The molecule has 1 N–H and O–H groups in total. The van der Waals surface area contributed by atoms with Gasteiger partial charge in [0, 0.05) is 5.41 Å². The minimum Gasteiger partial charge on any atom is -0.516 e. The molecule has 2 rings (SSSR count). The molecule has 0 spiro atoms. The van der Waals surface area contributed by atoms with Gasteiger partial charge in [-0.25, -0.2) is 0 Å². The number of aliphatic hydroxyl groups excluding tert-OH is 1. The Kier molecular flexibility index (Phi) is 5.69. The van der Waals surface area contributed by atoms with E-state index in [4.69, 9.17) is 0 Å². The second-order valence-corrected chi connectivity index (χ2v) is 8.97. The van der Waals surface area contributed by atoms with Gasteiger partial charge in [-0.3, -0.25) is 0 Å². The third-order valence-electron chi connectivity index (χ3n) is 7.90. The van der Waals surface area contributed by atoms with Gasteiger partial charge in [0.25, 0.3) is 0 Å². The molecule has 6 atom stereocenters. The molecule has 0 aliphatic heterocycles. The molecule has 0 amide bonds. The molecule has 0 saturated heterocycles. The summed E-state index contributed by atoms with van der Waals surface area (Å²) in [6, 6.07) is 0. The van der Waals surface area contributed by atoms with E-state index in [-0.39, 0.29) is 5.41 Å². The molecule has 2 aliphatic carbocycles. The van der Waals surface area contributed by atoms with Crippen LogP contribution in [0.4, 0.5) is 0 Å². The Morgan fingerprint density at radius 3 is 2.22 bits per heavy atom. The molecule has 1 nitrogen and oxygen atoms in total. The predicted octanol–water partition coefficient (Wildman–Crippen LogP) is 6.91. The Morgan fingerprint density at radius 2 is 1.61 bits per heavy atom. The second kappa shape index (κ2) is 7.03. The maximum Gasteiger partial charge on any atom is 0.0795 e. The molecule has 0 bridgehead atoms. The van der Waals surface area contributed by atoms with Gasteiger partial charge in [0.05, 0.1) is 6.26 Å². The van der Waals surface area contributed by atoms with Crippen molar-refractivity contribution >= 4 is 0 Å². The minimum atomic E-state index is -0.0199. The Bertz CT molecular complexity index is 463. The second-order valence-electron chi connectivity index (χ2n) is 8.97. The van der Waals surface area contributed by atoms with E-state index in [0.29, 0.717) is 17.3 Å². The van der Waals surface area contributed by atoms with Gasteiger partial charge in [0.15, 0.2) is 0 Å². The van der Waals surface area contributed by atoms with Crippen molar-refractivity contribution in [3.05, 3.63) is 24.0 Å². The Labute approximate surface area is 144 Å². The Hall–Kier alpha value is -0.720. The highest BCUT2D eigenvalue weighted by Gasteiger charge is 2.46. The van der Waals surface area contributed by atoms with Crippen LogP contribution in [0.15, 0.2) is 24.0 Å². The maximum atomic E-state index is 10.0. The first-order chi connectivity index (χ1) is 10.8. The summed E-state index contributed by atoms with van der Waals surface area (Å²) in [7, 11) is 0. The van der Waals surface area contributed by atoms with Crippen LogP contribution in [-0.2, 0) is 0 Å². The summed E-state index contributed by atoms with van der Waals surface area (Å²) in [6.45, 7) is 14.2. The topological polar surface area (TPSA) is 20.2 Å². The van der Waals surface area contributed by atoms with Crippen molar-refractivity contribution in [1.29, 1.82) is 0 Å². The number of hydrogen-bond acceptors (Lipinski definition) is 1. The first kappa shape index (κ1) is 18.6. The first-order valence-electron chi connectivity index (χ1n) is 9.78. The molecular weight excluding hydrogens is 280 g/mol. The molecule has 6 unspecified atom stereocenters. The van der Waals surface area contributed by atoms with E-state index in [1.54, 1.807) is 0 Å². The van der Waals surface area contributed by atoms with Crippen LogP contribution in [0.1, 0.15) is 80.1 Å². The zero-order valence-electron chi connectivity index (χ0n) is 16.2. The summed E-state index contributed by atoms with van der Waals surface area (Å²) in [5.74, 6) is 2.75. The fourth-order valence-corrected chi connectivity index (χ4v) is 5.56. The summed E-state index contributed by atoms with van der Waals surface area (Å²) in [6.07, 6.45) is 13.8. The van der Waals surface area contributed by atoms with Crippen LogP contribution in [0.3, 0.4) is 0 Å². The van der Waals surface area contributed by atoms with Crippen molar-refractivity contribution in [2.75, 3.05) is 0 Å². The molecule has 132 valence electrons. The Morgan fingerprint density at radius 1 is 0.957 bits per heavy atom. The van der Waals surface area contributed by atoms with Crippen LogP contribution in [-0.4, -0.2) is 5.11 Å². The Balaban J connectivity index is 2.37. The number of allylic oxidation sites excluding steroid dienone is 3. The lowest BCUT2D eigenvalue weighted by atomic mass is 9.61. The van der Waals surface area contributed by atoms with Crippen LogP contribution < -0.4 is 0 Å². The number of aliphatic hydroxyl groups is 1. The number of hydrogen-bond donors (Lipinski definition) is 1. The third-order valence-corrected chi connectivity index (χ3v) is 7.90. The lowest BCUT2D eigenvalue weighted by Gasteiger charge is -2.44. The molecule has 0 aromatic rings. The highest BCUT2D eigenvalue weighted by atomic mass is 16.2. The van der Waals surface area contributed by atoms with Gasteiger partial charge in [0.1, 0.15) is 0 Å². The zero-order chi connectivity index (χ0) is 17.3. The quantitative estimate of drug-likeness (QED) is 0.411. The average molecular weight is 319 g/mol. The van der Waals surface area contributed by atoms with E-state index < -0.39 is 0 Å². The van der Waals surface area contributed by atoms with Crippen LogP contribution in [0.2, 0.25) is 0 Å². The van der Waals surface area contributed by atoms with Gasteiger partial charge in [0.2, 0.25) is 0 Å². The molecule has 1 heteroatoms. The molecule has 0 aromatic carbocycles. The SMILES string of the molecule is C/C=C\C1(C)/C(=C\O)C(C)CCC2CCC(C)C2(C)CCC1C. The fraction of sp³-hybridized carbons (Fsp3) is 0.818. The minimum absolute atomic E-state index is 0.0199. The first-order valence-corrected chi connectivity index (χ1v) is 9.78. The average Bonchev–Trinajstić information content (AvgIpc) is 2.79. The molecule has 23 heavy (non-hydrogen) atoms. The summed E-state index contributed by atoms with van der Waals surface area (Å²) >= 11 is 0. The van der Waals surface area contributed by atoms with Crippen molar-refractivity contribution in [2.24, 2.45) is 34.5 Å². The largest absolute Gasteiger partial charge is 0.516 e. The molecule has 0 heterocycles. The molecule has 2 aliphatic rings. The summed E-state index contributed by atoms with van der Waals surface area (Å²) < 4.78 is 0. The van der Waals surface area contributed by atoms with Crippen molar-refractivity contribution in [3.63, 3.8) is 0 Å². The van der Waals surface area contributed by atoms with E-state index in [9.17, 15) is 5.11 Å². The lowest BCUT2D eigenvalue weighted by molar-refractivity contribution is 0.108. The molecule has 2 saturated carbocycles. The molecular formula is C22H38O. The van der Waals surface area contributed by atoms with Gasteiger partial charge in [-0.2, -0.15) is 0 Å². The number of rotatable bonds is 1. The van der Waals surface area contributed by atoms with Crippen LogP contribution >= 0.6 is 0 Å². The lowest BCUT2D eigenvalue weighted by Crippen LogP contribution is -2.35. The molecule has 0 aromatic heterocycles. The van der Waals surface area contributed by atoms with E-state index in [1.165, 1.54) is 50.4 Å². The van der Waals surface area contributed by atoms with Gasteiger partial charge in [-0.05, 0) is 80.1 Å². The van der Waals surface area contributed by atoms with Gasteiger partial charge in [-0.15, -0.1) is 0 Å². The van der Waals surface area contributed by atoms with Gasteiger partial charge < -0.3 is 5.11 Å². The third kappa shape index (κ3) is 3.26. The van der Waals surface area contributed by atoms with Crippen molar-refractivity contribution < 1.29 is 5.11 Å². The fourth-order valence-electron chi connectivity index (χ4n) is 5.56. The van der Waals surface area contributed by atoms with Crippen LogP contribution in [0.5, 0.6) is 0 Å². The monoisotopic (exact) mass is 318 g/mol. The van der Waals surface area contributed by atoms with Crippen LogP contribution in [0, 0.1) is 34.5 Å². The van der Waals surface area contributed by atoms with E-state index >= 15 is 0 Å². The smallest absolute Gasteiger partial charge is 0.0795 e. The maximum absolute atomic E-state index is 10.0. The number of fused-ring (bicyclic) bond motifs is 1. The van der Waals surface area contributed by atoms with Crippen molar-refractivity contribution in [3.8, 4) is 0 Å². The summed E-state index contributed by atoms with van der Waals surface area (Å²) in [4.78, 5) is 0. The summed E-state index contributed by atoms with van der Waals surface area (Å²) in [5.41, 5.74) is 1.73. The van der Waals surface area contributed by atoms with E-state index in [1.807, 2.05) is 0 Å². The highest BCUT2D eigenvalue weighted by molar-refractivity contribution is 5.23. The molecule has 2 fully saturated rings. The highest BCUT2D eigenvalue weighted by Crippen LogP contribution is 2.55. The normalized spacial score (nSPS) is 47.8. The predicted molar refractivity (Wildman–Crippen MR) is 100 cm³/mol. The van der Waals surface area contributed by atoms with Gasteiger partial charge >= 0.3 is 0 Å². The van der Waals surface area contributed by atoms with Gasteiger partial charge in [-0.1, -0.05) is 46.8 Å².